The van der Waals surface area contributed by atoms with Crippen molar-refractivity contribution >= 4 is 0 Å². The molecule has 13 atom stereocenters. The smallest absolute Gasteiger partial charge is 0.230 e. The maximum atomic E-state index is 12.7. The molecule has 0 saturated carbocycles. The molecule has 0 N–H and O–H groups in total. The predicted molar refractivity (Wildman–Crippen MR) is 474 cm³/mol. The molecule has 22 heteroatoms. The summed E-state index contributed by atoms with van der Waals surface area (Å²) in [4.78, 5) is 0. The Morgan fingerprint density at radius 1 is 0.209 bits per heavy atom. The summed E-state index contributed by atoms with van der Waals surface area (Å²) in [5.74, 6) is 2.12. The Balaban J connectivity index is -0.0000000662. The van der Waals surface area contributed by atoms with Crippen LogP contribution >= 0.6 is 0 Å². The van der Waals surface area contributed by atoms with Crippen LogP contribution in [-0.4, -0.2) is 120 Å². The van der Waals surface area contributed by atoms with Crippen molar-refractivity contribution in [1.29, 1.82) is 0 Å². The van der Waals surface area contributed by atoms with Crippen molar-refractivity contribution in [3.8, 4) is 0 Å². The summed E-state index contributed by atoms with van der Waals surface area (Å²) in [6.45, 7) is 84.6. The molecule has 8 radical (unpaired) electrons. The first-order chi connectivity index (χ1) is 49.8. The molecule has 0 spiro atoms. The largest absolute Gasteiger partial charge is 0.660 e. The van der Waals surface area contributed by atoms with Crippen LogP contribution in [0.4, 0.5) is 26.3 Å². The van der Waals surface area contributed by atoms with E-state index in [1.807, 2.05) is 204 Å². The second kappa shape index (κ2) is 107. The maximum Gasteiger partial charge on any atom is 0.230 e. The van der Waals surface area contributed by atoms with E-state index >= 15 is 0 Å². The molecule has 8 aliphatic rings. The first-order valence-corrected chi connectivity index (χ1v) is 43.1. The Hall–Kier alpha value is 8.09. The number of hydrogen-bond donors (Lipinski definition) is 0. The molecule has 8 rings (SSSR count). The minimum Gasteiger partial charge on any atom is -0.660 e. The Bertz CT molecular complexity index is 1470. The summed E-state index contributed by atoms with van der Waals surface area (Å²) in [5.41, 5.74) is 0. The fourth-order valence-corrected chi connectivity index (χ4v) is 11.5. The van der Waals surface area contributed by atoms with Gasteiger partial charge in [0.1, 0.15) is 0 Å². The van der Waals surface area contributed by atoms with E-state index in [2.05, 4.69) is 146 Å². The van der Waals surface area contributed by atoms with Crippen molar-refractivity contribution in [2.24, 2.45) is 94.7 Å². The molecular weight excluding hydrogens is 2050 g/mol. The van der Waals surface area contributed by atoms with Crippen LogP contribution in [0.15, 0.2) is 0 Å². The van der Waals surface area contributed by atoms with E-state index in [0.717, 1.165) is 91.9 Å². The van der Waals surface area contributed by atoms with Crippen LogP contribution in [0.1, 0.15) is 340 Å². The van der Waals surface area contributed by atoms with Gasteiger partial charge < -0.3 is 93.9 Å². The zero-order valence-corrected chi connectivity index (χ0v) is 105. The quantitative estimate of drug-likeness (QED) is 0.170. The molecule has 0 aromatic rings. The monoisotopic (exact) mass is 2240 g/mol. The fraction of sp³-hybridized carbons (Fsp3) is 0.914. The number of alkyl halides is 6. The van der Waals surface area contributed by atoms with E-state index in [1.54, 1.807) is 0 Å². The molecule has 0 aromatic heterocycles. The van der Waals surface area contributed by atoms with Crippen molar-refractivity contribution in [2.45, 2.75) is 388 Å². The topological polar surface area (TPSA) is 113 Å². The second-order valence-electron chi connectivity index (χ2n) is 34.5. The molecule has 8 heterocycles. The summed E-state index contributed by atoms with van der Waals surface area (Å²) < 4.78 is 76.3. The normalized spacial score (nSPS) is 25.2. The zero-order valence-electron chi connectivity index (χ0n) is 82.7. The average Bonchev–Trinajstić information content (AvgIpc) is 0.865. The van der Waals surface area contributed by atoms with Gasteiger partial charge in [-0.3, -0.25) is 0 Å². The van der Waals surface area contributed by atoms with Crippen LogP contribution in [0.3, 0.4) is 0 Å². The van der Waals surface area contributed by atoms with Gasteiger partial charge in [-0.2, -0.15) is 111 Å². The molecular formula is C93H188F6N8Y8-16. The van der Waals surface area contributed by atoms with E-state index in [9.17, 15) is 26.3 Å². The number of rotatable bonds is 8. The number of nitrogens with zero attached hydrogens (tertiary/aromatic N) is 8. The van der Waals surface area contributed by atoms with Crippen LogP contribution in [0, 0.1) is 146 Å². The Morgan fingerprint density at radius 2 is 0.322 bits per heavy atom. The standard InChI is InChI=1S/5C9H18N.3C8H14F2N.8C3H7.8Y/c5*1-7(2)9-5-4-8(3)10-6-9;3*1-6(2)7-3-8(9,10)5-11-4-7;8*1-3-2;;;;;;;;/h5*7-9H,4-6H2,1-3H3;3*6-7H,3-5H2,1-2H3;8*3H,1-2H3;;;;;;;;/q16*-1;;;;;;;;/t8-,9+;3*8-,9-;;2*7-;;;;;;;;;;;;;;;;;/m0100.10................./s1. The van der Waals surface area contributed by atoms with Crippen molar-refractivity contribution in [2.75, 3.05) is 72.0 Å². The van der Waals surface area contributed by atoms with Crippen molar-refractivity contribution in [3.05, 3.63) is 93.9 Å². The van der Waals surface area contributed by atoms with Gasteiger partial charge in [0.15, 0.2) is 0 Å². The third-order valence-corrected chi connectivity index (χ3v) is 19.4. The Kier molecular flexibility index (Phi) is 149. The first kappa shape index (κ1) is 160. The number of piperidine rings is 8. The average molecular weight is 2240 g/mol. The SMILES string of the molecule is CC(C)C1C[N-]CC(F)(F)C1.CC(C)[C@@H]1CC[C@@H](C)[N-]C1.CC(C)[C@@H]1CC[C@H](C)[N-]C1.CC(C)[C@@H]1C[N-]CC(F)(F)C1.CC(C)[C@H]1CC[C@H](C)[N-]C1.CC(C)[C@H]1CC[C@H](C)[N-]C1.CC(C)[C@H]1C[N-]CC(F)(F)C1.CC1CCC(C(C)C)C[N-]1.C[CH-]C.C[CH-]C.C[CH-]C.C[CH-]C.C[CH-]C.C[CH-]C.C[CH-]C.C[CH-]C.[Y].[Y].[Y].[Y].[Y].[Y].[Y].[Y]. The van der Waals surface area contributed by atoms with Crippen LogP contribution < -0.4 is 0 Å². The van der Waals surface area contributed by atoms with Crippen LogP contribution in [-0.2, 0) is 262 Å². The third-order valence-electron chi connectivity index (χ3n) is 19.4. The van der Waals surface area contributed by atoms with E-state index in [-0.39, 0.29) is 318 Å². The maximum absolute atomic E-state index is 12.7. The minimum absolute atomic E-state index is 0. The molecule has 3 unspecified atom stereocenters. The van der Waals surface area contributed by atoms with Crippen LogP contribution in [0.25, 0.3) is 42.5 Å². The van der Waals surface area contributed by atoms with Gasteiger partial charge >= 0.3 is 0 Å². The molecule has 8 fully saturated rings. The van der Waals surface area contributed by atoms with Gasteiger partial charge in [-0.1, -0.05) is 277 Å². The summed E-state index contributed by atoms with van der Waals surface area (Å²) in [5, 5.41) is 34.0. The van der Waals surface area contributed by atoms with E-state index in [1.165, 1.54) is 64.2 Å². The first-order valence-electron chi connectivity index (χ1n) is 43.1. The van der Waals surface area contributed by atoms with Crippen LogP contribution in [0.2, 0.25) is 0 Å². The van der Waals surface area contributed by atoms with Gasteiger partial charge in [0, 0.05) is 281 Å². The summed E-state index contributed by atoms with van der Waals surface area (Å²) >= 11 is 0. The third kappa shape index (κ3) is 111. The summed E-state index contributed by atoms with van der Waals surface area (Å²) in [6.07, 6.45) is 29.6. The van der Waals surface area contributed by atoms with Gasteiger partial charge in [-0.15, -0.1) is 82.6 Å². The molecule has 0 aromatic carbocycles. The fourth-order valence-electron chi connectivity index (χ4n) is 11.5. The van der Waals surface area contributed by atoms with E-state index in [4.69, 9.17) is 0 Å². The van der Waals surface area contributed by atoms with Gasteiger partial charge in [-0.05, 0) is 47.3 Å². The number of halogens is 6. The molecule has 8 nitrogen and oxygen atoms in total. The second-order valence-corrected chi connectivity index (χ2v) is 34.5. The molecule has 8 aliphatic heterocycles. The van der Waals surface area contributed by atoms with Gasteiger partial charge in [0.05, 0.1) is 0 Å². The minimum atomic E-state index is -2.53. The molecule has 0 aliphatic carbocycles. The molecule has 0 amide bonds. The van der Waals surface area contributed by atoms with Gasteiger partial charge in [0.25, 0.3) is 0 Å². The summed E-state index contributed by atoms with van der Waals surface area (Å²) in [6, 6.07) is 3.17. The Morgan fingerprint density at radius 3 is 0.391 bits per heavy atom. The van der Waals surface area contributed by atoms with E-state index < -0.39 is 17.8 Å². The number of hydrogen-bond acceptors (Lipinski definition) is 0. The van der Waals surface area contributed by atoms with Crippen molar-refractivity contribution < 1.29 is 288 Å². The molecule has 0 bridgehead atoms. The van der Waals surface area contributed by atoms with E-state index in [0.29, 0.717) is 67.6 Å². The van der Waals surface area contributed by atoms with Crippen molar-refractivity contribution in [3.63, 3.8) is 0 Å². The molecule has 8 saturated heterocycles. The molecule has 682 valence electrons. The predicted octanol–water partition coefficient (Wildman–Crippen LogP) is 31.9. The zero-order chi connectivity index (χ0) is 84.9. The molecule has 115 heavy (non-hydrogen) atoms. The summed E-state index contributed by atoms with van der Waals surface area (Å²) in [7, 11) is 0. The van der Waals surface area contributed by atoms with Gasteiger partial charge in [0.2, 0.25) is 17.8 Å². The van der Waals surface area contributed by atoms with Crippen molar-refractivity contribution in [1.82, 2.24) is 0 Å². The van der Waals surface area contributed by atoms with Gasteiger partial charge in [-0.25, -0.2) is 26.3 Å². The Labute approximate surface area is 922 Å². The van der Waals surface area contributed by atoms with Crippen LogP contribution in [0.5, 0.6) is 0 Å².